The molecule has 1 aliphatic carbocycles. The molecule has 3 aromatic rings. The number of carbonyl (C=O) groups is 1. The van der Waals surface area contributed by atoms with Crippen molar-refractivity contribution in [3.8, 4) is 11.1 Å². The molecule has 1 fully saturated rings. The Balaban J connectivity index is 1.46. The van der Waals surface area contributed by atoms with E-state index in [1.54, 1.807) is 0 Å². The summed E-state index contributed by atoms with van der Waals surface area (Å²) in [6.07, 6.45) is 10.0. The van der Waals surface area contributed by atoms with E-state index in [1.807, 2.05) is 31.5 Å². The second-order valence-corrected chi connectivity index (χ2v) is 10.2. The molecule has 1 atom stereocenters. The standard InChI is InChI=1S/C28H36N5O2/c1-5-35-27(34)14-19-10-12-20(13-11-19)25-16-26(31(2)3)33-28(32(25)4)23(18-30-33)22-15-21-8-6-7-9-24(21)29-17-22/h6-9,15,17-20,26H,5,10-14,16H2,1-4H3/q+1. The van der Waals surface area contributed by atoms with Crippen LogP contribution in [0.4, 0.5) is 5.82 Å². The van der Waals surface area contributed by atoms with Gasteiger partial charge in [0.1, 0.15) is 0 Å². The second-order valence-electron chi connectivity index (χ2n) is 10.2. The quantitative estimate of drug-likeness (QED) is 0.370. The first-order valence-electron chi connectivity index (χ1n) is 12.8. The molecule has 5 rings (SSSR count). The number of fused-ring (bicyclic) bond motifs is 2. The maximum atomic E-state index is 12.0. The van der Waals surface area contributed by atoms with Crippen molar-refractivity contribution in [2.75, 3.05) is 27.7 Å². The molecule has 1 aliphatic heterocycles. The number of nitrogens with zero attached hydrogens (tertiary/aromatic N) is 5. The lowest BCUT2D eigenvalue weighted by Gasteiger charge is -2.33. The molecule has 0 radical (unpaired) electrons. The van der Waals surface area contributed by atoms with Crippen LogP contribution in [0, 0.1) is 11.8 Å². The zero-order valence-electron chi connectivity index (χ0n) is 21.3. The van der Waals surface area contributed by atoms with Crippen molar-refractivity contribution in [3.63, 3.8) is 0 Å². The zero-order valence-corrected chi connectivity index (χ0v) is 21.3. The van der Waals surface area contributed by atoms with E-state index in [0.29, 0.717) is 24.9 Å². The van der Waals surface area contributed by atoms with Crippen molar-refractivity contribution < 1.29 is 14.1 Å². The molecule has 0 amide bonds. The summed E-state index contributed by atoms with van der Waals surface area (Å²) in [6, 6.07) is 10.5. The molecule has 0 bridgehead atoms. The van der Waals surface area contributed by atoms with Gasteiger partial charge in [0.05, 0.1) is 43.1 Å². The molecule has 7 nitrogen and oxygen atoms in total. The van der Waals surface area contributed by atoms with Crippen molar-refractivity contribution in [2.24, 2.45) is 11.8 Å². The number of hydrogen-bond acceptors (Lipinski definition) is 5. The Morgan fingerprint density at radius 2 is 1.94 bits per heavy atom. The van der Waals surface area contributed by atoms with Crippen LogP contribution in [0.25, 0.3) is 22.0 Å². The first kappa shape index (κ1) is 23.7. The van der Waals surface area contributed by atoms with Crippen LogP contribution in [-0.2, 0) is 9.53 Å². The molecular weight excluding hydrogens is 438 g/mol. The van der Waals surface area contributed by atoms with E-state index in [1.165, 1.54) is 5.71 Å². The first-order chi connectivity index (χ1) is 17.0. The Kier molecular flexibility index (Phi) is 6.69. The van der Waals surface area contributed by atoms with E-state index < -0.39 is 0 Å². The molecule has 3 heterocycles. The third-order valence-electron chi connectivity index (χ3n) is 7.77. The van der Waals surface area contributed by atoms with Gasteiger partial charge in [0.25, 0.3) is 0 Å². The van der Waals surface area contributed by atoms with E-state index in [4.69, 9.17) is 14.8 Å². The number of benzene rings is 1. The molecule has 35 heavy (non-hydrogen) atoms. The number of rotatable bonds is 6. The normalized spacial score (nSPS) is 22.5. The molecule has 0 spiro atoms. The van der Waals surface area contributed by atoms with Crippen LogP contribution in [-0.4, -0.2) is 63.7 Å². The summed E-state index contributed by atoms with van der Waals surface area (Å²) in [5, 5.41) is 5.98. The summed E-state index contributed by atoms with van der Waals surface area (Å²) in [4.78, 5) is 18.9. The van der Waals surface area contributed by atoms with E-state index in [9.17, 15) is 4.79 Å². The molecule has 1 unspecified atom stereocenters. The number of carbonyl (C=O) groups excluding carboxylic acids is 1. The summed E-state index contributed by atoms with van der Waals surface area (Å²) in [7, 11) is 6.45. The summed E-state index contributed by atoms with van der Waals surface area (Å²) >= 11 is 0. The fraction of sp³-hybridized carbons (Fsp3) is 0.500. The molecule has 2 aromatic heterocycles. The van der Waals surface area contributed by atoms with Gasteiger partial charge in [0.15, 0.2) is 6.17 Å². The van der Waals surface area contributed by atoms with Crippen molar-refractivity contribution in [2.45, 2.75) is 51.6 Å². The van der Waals surface area contributed by atoms with E-state index >= 15 is 0 Å². The highest BCUT2D eigenvalue weighted by Gasteiger charge is 2.40. The van der Waals surface area contributed by atoms with Crippen LogP contribution >= 0.6 is 0 Å². The van der Waals surface area contributed by atoms with Gasteiger partial charge in [-0.2, -0.15) is 0 Å². The Morgan fingerprint density at radius 1 is 1.17 bits per heavy atom. The third-order valence-corrected chi connectivity index (χ3v) is 7.77. The van der Waals surface area contributed by atoms with Crippen molar-refractivity contribution in [3.05, 3.63) is 42.7 Å². The molecule has 1 saturated carbocycles. The van der Waals surface area contributed by atoms with Crippen LogP contribution < -0.4 is 0 Å². The Bertz CT molecular complexity index is 1250. The predicted octanol–water partition coefficient (Wildman–Crippen LogP) is 5.04. The predicted molar refractivity (Wildman–Crippen MR) is 138 cm³/mol. The van der Waals surface area contributed by atoms with Crippen molar-refractivity contribution in [1.29, 1.82) is 0 Å². The van der Waals surface area contributed by atoms with Crippen molar-refractivity contribution >= 4 is 28.4 Å². The molecule has 0 N–H and O–H groups in total. The summed E-state index contributed by atoms with van der Waals surface area (Å²) in [5.41, 5.74) is 4.68. The Morgan fingerprint density at radius 3 is 2.69 bits per heavy atom. The molecule has 0 saturated heterocycles. The minimum atomic E-state index is -0.0522. The van der Waals surface area contributed by atoms with Crippen LogP contribution in [0.1, 0.15) is 51.6 Å². The summed E-state index contributed by atoms with van der Waals surface area (Å²) in [6.45, 7) is 2.34. The second kappa shape index (κ2) is 9.90. The van der Waals surface area contributed by atoms with Crippen LogP contribution in [0.5, 0.6) is 0 Å². The monoisotopic (exact) mass is 474 g/mol. The van der Waals surface area contributed by atoms with Gasteiger partial charge in [0.2, 0.25) is 0 Å². The number of esters is 1. The van der Waals surface area contributed by atoms with Gasteiger partial charge in [-0.1, -0.05) is 23.3 Å². The van der Waals surface area contributed by atoms with Crippen LogP contribution in [0.3, 0.4) is 0 Å². The maximum Gasteiger partial charge on any atom is 0.313 e. The molecule has 184 valence electrons. The highest BCUT2D eigenvalue weighted by Crippen LogP contribution is 2.40. The van der Waals surface area contributed by atoms with E-state index in [-0.39, 0.29) is 12.1 Å². The first-order valence-corrected chi connectivity index (χ1v) is 12.8. The molecule has 1 aromatic carbocycles. The van der Waals surface area contributed by atoms with Gasteiger partial charge in [-0.05, 0) is 64.8 Å². The van der Waals surface area contributed by atoms with Gasteiger partial charge in [-0.25, -0.2) is 4.58 Å². The number of pyridine rings is 1. The third kappa shape index (κ3) is 4.61. The van der Waals surface area contributed by atoms with E-state index in [2.05, 4.69) is 53.5 Å². The van der Waals surface area contributed by atoms with Gasteiger partial charge < -0.3 is 4.74 Å². The maximum absolute atomic E-state index is 12.0. The topological polar surface area (TPSA) is 63.3 Å². The Labute approximate surface area is 207 Å². The Hall–Kier alpha value is -3.06. The smallest absolute Gasteiger partial charge is 0.313 e. The van der Waals surface area contributed by atoms with Crippen LogP contribution in [0.2, 0.25) is 0 Å². The zero-order chi connectivity index (χ0) is 24.5. The average molecular weight is 475 g/mol. The van der Waals surface area contributed by atoms with Gasteiger partial charge >= 0.3 is 11.8 Å². The molecule has 2 aliphatic rings. The van der Waals surface area contributed by atoms with Gasteiger partial charge in [-0.3, -0.25) is 14.7 Å². The van der Waals surface area contributed by atoms with Crippen LogP contribution in [0.15, 0.2) is 42.7 Å². The lowest BCUT2D eigenvalue weighted by molar-refractivity contribution is -0.422. The number of ether oxygens (including phenoxy) is 1. The summed E-state index contributed by atoms with van der Waals surface area (Å²) < 4.78 is 9.73. The highest BCUT2D eigenvalue weighted by atomic mass is 16.5. The van der Waals surface area contributed by atoms with E-state index in [0.717, 1.165) is 60.0 Å². The number of hydrogen-bond donors (Lipinski definition) is 0. The average Bonchev–Trinajstić information content (AvgIpc) is 3.30. The largest absolute Gasteiger partial charge is 0.466 e. The number of para-hydroxylation sites is 1. The van der Waals surface area contributed by atoms with Crippen molar-refractivity contribution in [1.82, 2.24) is 19.7 Å². The van der Waals surface area contributed by atoms with Gasteiger partial charge in [0, 0.05) is 29.5 Å². The van der Waals surface area contributed by atoms with Gasteiger partial charge in [-0.15, -0.1) is 4.68 Å². The molecular formula is C28H36N5O2+. The lowest BCUT2D eigenvalue weighted by Crippen LogP contribution is -2.39. The highest BCUT2D eigenvalue weighted by molar-refractivity contribution is 5.88. The summed E-state index contributed by atoms with van der Waals surface area (Å²) in [5.74, 6) is 2.04. The fourth-order valence-corrected chi connectivity index (χ4v) is 5.87. The number of aromatic nitrogens is 3. The fourth-order valence-electron chi connectivity index (χ4n) is 5.87. The molecule has 7 heteroatoms. The lowest BCUT2D eigenvalue weighted by atomic mass is 9.77. The minimum absolute atomic E-state index is 0.0522. The SMILES string of the molecule is CCOC(=O)CC1CCC(C2=[N+](C)c3c(-c4cnc5ccccc5c4)cnn3C(N(C)C)C2)CC1. The minimum Gasteiger partial charge on any atom is -0.466 e.